The number of nitrogens with one attached hydrogen (secondary N) is 4. The van der Waals surface area contributed by atoms with E-state index in [0.29, 0.717) is 5.56 Å². The normalized spacial score (nSPS) is 11.1. The summed E-state index contributed by atoms with van der Waals surface area (Å²) < 4.78 is 37.2. The van der Waals surface area contributed by atoms with E-state index in [4.69, 9.17) is 22.0 Å². The molecular formula is C14H12F3N5. The van der Waals surface area contributed by atoms with Crippen LogP contribution in [0.2, 0.25) is 0 Å². The van der Waals surface area contributed by atoms with Crippen LogP contribution in [0.5, 0.6) is 0 Å². The van der Waals surface area contributed by atoms with Gasteiger partial charge in [-0.25, -0.2) is 0 Å². The Labute approximate surface area is 124 Å². The van der Waals surface area contributed by atoms with Crippen LogP contribution in [0.3, 0.4) is 0 Å². The minimum Gasteiger partial charge on any atom is -0.381 e. The zero-order chi connectivity index (χ0) is 16.8. The largest absolute Gasteiger partial charge is 0.416 e. The standard InChI is InChI=1S/C14H12F3N5/c15-14(16,17)11-5-3-9(4-6-11)1-2-10(7-18)8-22-13(21)12(19)20/h3-8,18H,(H3,19,20)(H2,21,22)/b10-8-,18-7?. The van der Waals surface area contributed by atoms with Crippen LogP contribution >= 0.6 is 0 Å². The zero-order valence-corrected chi connectivity index (χ0v) is 11.2. The summed E-state index contributed by atoms with van der Waals surface area (Å²) in [5.41, 5.74) is 4.82. The maximum absolute atomic E-state index is 12.4. The predicted octanol–water partition coefficient (Wildman–Crippen LogP) is 2.09. The van der Waals surface area contributed by atoms with Crippen molar-refractivity contribution in [1.29, 1.82) is 16.2 Å². The molecule has 0 spiro atoms. The minimum absolute atomic E-state index is 0.172. The smallest absolute Gasteiger partial charge is 0.381 e. The lowest BCUT2D eigenvalue weighted by atomic mass is 10.1. The third kappa shape index (κ3) is 5.13. The van der Waals surface area contributed by atoms with Crippen LogP contribution < -0.4 is 11.1 Å². The summed E-state index contributed by atoms with van der Waals surface area (Å²) >= 11 is 0. The molecule has 1 aromatic rings. The Balaban J connectivity index is 2.87. The van der Waals surface area contributed by atoms with E-state index in [9.17, 15) is 13.2 Å². The lowest BCUT2D eigenvalue weighted by molar-refractivity contribution is -0.137. The molecule has 0 saturated carbocycles. The first kappa shape index (κ1) is 17.0. The van der Waals surface area contributed by atoms with Crippen molar-refractivity contribution in [2.45, 2.75) is 6.18 Å². The monoisotopic (exact) mass is 307 g/mol. The molecule has 1 aromatic carbocycles. The van der Waals surface area contributed by atoms with Crippen molar-refractivity contribution in [3.05, 3.63) is 47.2 Å². The molecule has 0 unspecified atom stereocenters. The van der Waals surface area contributed by atoms with Crippen molar-refractivity contribution in [3.8, 4) is 11.8 Å². The van der Waals surface area contributed by atoms with Gasteiger partial charge in [0.25, 0.3) is 0 Å². The molecule has 0 atom stereocenters. The molecule has 5 nitrogen and oxygen atoms in total. The number of alkyl halides is 3. The summed E-state index contributed by atoms with van der Waals surface area (Å²) in [4.78, 5) is 0. The van der Waals surface area contributed by atoms with Crippen molar-refractivity contribution in [2.24, 2.45) is 5.73 Å². The van der Waals surface area contributed by atoms with Crippen molar-refractivity contribution in [1.82, 2.24) is 5.32 Å². The van der Waals surface area contributed by atoms with Crippen LogP contribution in [0.4, 0.5) is 13.2 Å². The minimum atomic E-state index is -4.40. The summed E-state index contributed by atoms with van der Waals surface area (Å²) in [6.45, 7) is 0. The highest BCUT2D eigenvalue weighted by Gasteiger charge is 2.29. The van der Waals surface area contributed by atoms with Gasteiger partial charge in [-0.1, -0.05) is 11.8 Å². The van der Waals surface area contributed by atoms with Crippen molar-refractivity contribution < 1.29 is 13.2 Å². The Kier molecular flexibility index (Phi) is 5.46. The molecule has 6 N–H and O–H groups in total. The van der Waals surface area contributed by atoms with E-state index in [1.54, 1.807) is 0 Å². The maximum Gasteiger partial charge on any atom is 0.416 e. The summed E-state index contributed by atoms with van der Waals surface area (Å²) in [7, 11) is 0. The van der Waals surface area contributed by atoms with Crippen LogP contribution in [-0.4, -0.2) is 17.9 Å². The van der Waals surface area contributed by atoms with Gasteiger partial charge in [-0.2, -0.15) is 13.2 Å². The number of allylic oxidation sites excluding steroid dienone is 1. The molecule has 0 aliphatic heterocycles. The molecule has 0 aliphatic rings. The van der Waals surface area contributed by atoms with Crippen molar-refractivity contribution >= 4 is 17.9 Å². The van der Waals surface area contributed by atoms with E-state index >= 15 is 0 Å². The number of halogens is 3. The second-order valence-corrected chi connectivity index (χ2v) is 4.00. The molecule has 0 aliphatic carbocycles. The molecule has 0 aromatic heterocycles. The molecule has 8 heteroatoms. The van der Waals surface area contributed by atoms with Crippen LogP contribution in [0, 0.1) is 28.1 Å². The van der Waals surface area contributed by atoms with Crippen LogP contribution in [0.1, 0.15) is 11.1 Å². The van der Waals surface area contributed by atoms with Crippen LogP contribution in [0.15, 0.2) is 36.0 Å². The van der Waals surface area contributed by atoms with E-state index in [1.807, 2.05) is 0 Å². The third-order valence-electron chi connectivity index (χ3n) is 2.36. The van der Waals surface area contributed by atoms with E-state index in [-0.39, 0.29) is 11.4 Å². The van der Waals surface area contributed by atoms with Gasteiger partial charge >= 0.3 is 6.18 Å². The summed E-state index contributed by atoms with van der Waals surface area (Å²) in [5, 5.41) is 23.8. The van der Waals surface area contributed by atoms with Gasteiger partial charge in [0.1, 0.15) is 0 Å². The Bertz CT molecular complexity index is 675. The topological polar surface area (TPSA) is 110 Å². The van der Waals surface area contributed by atoms with Gasteiger partial charge in [0.2, 0.25) is 0 Å². The molecule has 22 heavy (non-hydrogen) atoms. The van der Waals surface area contributed by atoms with Crippen molar-refractivity contribution in [3.63, 3.8) is 0 Å². The fourth-order valence-electron chi connectivity index (χ4n) is 1.23. The molecule has 0 heterocycles. The second-order valence-electron chi connectivity index (χ2n) is 4.00. The number of amidine groups is 2. The highest BCUT2D eigenvalue weighted by Crippen LogP contribution is 2.28. The van der Waals surface area contributed by atoms with E-state index in [2.05, 4.69) is 17.2 Å². The van der Waals surface area contributed by atoms with Crippen LogP contribution in [-0.2, 0) is 6.18 Å². The van der Waals surface area contributed by atoms with Gasteiger partial charge in [-0.05, 0) is 24.3 Å². The first-order valence-electron chi connectivity index (χ1n) is 5.83. The Morgan fingerprint density at radius 1 is 1.18 bits per heavy atom. The molecule has 0 fully saturated rings. The zero-order valence-electron chi connectivity index (χ0n) is 11.2. The quantitative estimate of drug-likeness (QED) is 0.327. The van der Waals surface area contributed by atoms with E-state index in [1.165, 1.54) is 18.3 Å². The van der Waals surface area contributed by atoms with Gasteiger partial charge < -0.3 is 16.5 Å². The highest BCUT2D eigenvalue weighted by atomic mass is 19.4. The average molecular weight is 307 g/mol. The summed E-state index contributed by atoms with van der Waals surface area (Å²) in [6.07, 6.45) is -2.30. The van der Waals surface area contributed by atoms with Gasteiger partial charge in [0.15, 0.2) is 11.7 Å². The van der Waals surface area contributed by atoms with Crippen LogP contribution in [0.25, 0.3) is 0 Å². The third-order valence-corrected chi connectivity index (χ3v) is 2.36. The fraction of sp³-hybridized carbons (Fsp3) is 0.0714. The van der Waals surface area contributed by atoms with E-state index in [0.717, 1.165) is 18.3 Å². The first-order chi connectivity index (χ1) is 10.2. The lowest BCUT2D eigenvalue weighted by Crippen LogP contribution is -2.31. The number of benzene rings is 1. The number of rotatable bonds is 2. The fourth-order valence-corrected chi connectivity index (χ4v) is 1.23. The number of nitrogens with two attached hydrogens (primary N) is 1. The molecule has 0 amide bonds. The molecule has 1 rings (SSSR count). The first-order valence-corrected chi connectivity index (χ1v) is 5.83. The SMILES string of the molecule is N=C/C(C#Cc1ccc(C(F)(F)F)cc1)=C\NC(=N)C(=N)N. The molecule has 0 radical (unpaired) electrons. The number of hydrogen-bond acceptors (Lipinski definition) is 3. The van der Waals surface area contributed by atoms with Gasteiger partial charge in [0, 0.05) is 18.0 Å². The van der Waals surface area contributed by atoms with E-state index < -0.39 is 17.6 Å². The number of hydrogen-bond donors (Lipinski definition) is 5. The molecule has 0 saturated heterocycles. The van der Waals surface area contributed by atoms with Gasteiger partial charge in [-0.15, -0.1) is 0 Å². The van der Waals surface area contributed by atoms with Gasteiger partial charge in [-0.3, -0.25) is 10.8 Å². The molecule has 0 bridgehead atoms. The molecule has 114 valence electrons. The summed E-state index contributed by atoms with van der Waals surface area (Å²) in [6, 6.07) is 4.29. The Hall–Kier alpha value is -3.08. The second kappa shape index (κ2) is 7.08. The molecular weight excluding hydrogens is 295 g/mol. The maximum atomic E-state index is 12.4. The average Bonchev–Trinajstić information content (AvgIpc) is 2.46. The Morgan fingerprint density at radius 3 is 2.23 bits per heavy atom. The predicted molar refractivity (Wildman–Crippen MR) is 78.0 cm³/mol. The van der Waals surface area contributed by atoms with Gasteiger partial charge in [0.05, 0.1) is 11.1 Å². The Morgan fingerprint density at radius 2 is 1.77 bits per heavy atom. The highest BCUT2D eigenvalue weighted by molar-refractivity contribution is 6.37. The van der Waals surface area contributed by atoms with Crippen molar-refractivity contribution in [2.75, 3.05) is 0 Å². The summed E-state index contributed by atoms with van der Waals surface area (Å²) in [5.74, 6) is 4.32. The lowest BCUT2D eigenvalue weighted by Gasteiger charge is -2.05.